The Hall–Kier alpha value is -1.82. The molecule has 0 bridgehead atoms. The molecule has 0 aromatic heterocycles. The van der Waals surface area contributed by atoms with Gasteiger partial charge in [-0.1, -0.05) is 79.9 Å². The maximum atomic E-state index is 14.1. The van der Waals surface area contributed by atoms with E-state index in [1.54, 1.807) is 19.2 Å². The first kappa shape index (κ1) is 24.3. The molecule has 0 radical (unpaired) electrons. The third-order valence-electron chi connectivity index (χ3n) is 8.35. The van der Waals surface area contributed by atoms with Crippen molar-refractivity contribution in [1.82, 2.24) is 10.6 Å². The molecule has 3 nitrogen and oxygen atoms in total. The summed E-state index contributed by atoms with van der Waals surface area (Å²) >= 11 is 0. The van der Waals surface area contributed by atoms with Crippen molar-refractivity contribution >= 4 is 0 Å². The number of rotatable bonds is 4. The van der Waals surface area contributed by atoms with Crippen LogP contribution in [0.2, 0.25) is 0 Å². The number of likely N-dealkylation sites (N-methyl/N-ethyl adjacent to an activating group) is 1. The average Bonchev–Trinajstić information content (AvgIpc) is 2.84. The van der Waals surface area contributed by atoms with Crippen LogP contribution in [-0.2, 0) is 15.8 Å². The Bertz CT molecular complexity index is 887. The molecule has 33 heavy (non-hydrogen) atoms. The number of ether oxygens (including phenoxy) is 1. The predicted octanol–water partition coefficient (Wildman–Crippen LogP) is 6.15. The number of benzene rings is 2. The van der Waals surface area contributed by atoms with Crippen molar-refractivity contribution in [3.8, 4) is 0 Å². The Kier molecular flexibility index (Phi) is 7.23. The van der Waals surface area contributed by atoms with Crippen molar-refractivity contribution in [2.75, 3.05) is 20.7 Å². The van der Waals surface area contributed by atoms with Crippen molar-refractivity contribution in [1.29, 1.82) is 0 Å². The van der Waals surface area contributed by atoms with E-state index in [9.17, 15) is 8.78 Å². The normalized spacial score (nSPS) is 33.0. The highest BCUT2D eigenvalue weighted by atomic mass is 19.3. The van der Waals surface area contributed by atoms with Crippen molar-refractivity contribution in [3.05, 3.63) is 71.8 Å². The maximum Gasteiger partial charge on any atom is 0.270 e. The molecule has 0 amide bonds. The van der Waals surface area contributed by atoms with E-state index in [0.29, 0.717) is 18.4 Å². The van der Waals surface area contributed by atoms with E-state index in [0.717, 1.165) is 13.0 Å². The second-order valence-corrected chi connectivity index (χ2v) is 9.75. The standard InChI is InChI=1S/C15H21NO.C13H17F2N/c1-16-15(13-7-3-2-4-8-13)10-6-5-9-14(15)11-12-17-14;1-16-12(11-7-3-2-4-8-11)9-5-6-10-13(12,14)15/h2-4,7-8,16H,5-6,9-12H2,1H3;2-4,7-8,16H,5-6,9-10H2,1H3/t14?,15-;12-/m11/s1. The fourth-order valence-corrected chi connectivity index (χ4v) is 6.42. The SMILES string of the molecule is CN[C@@]1(c2ccccc2)CCCCC1(F)F.CN[C@@]1(c2ccccc2)CCCCC12CCO2. The number of halogens is 2. The minimum Gasteiger partial charge on any atom is -0.373 e. The van der Waals surface area contributed by atoms with Crippen LogP contribution in [0.25, 0.3) is 0 Å². The first-order valence-electron chi connectivity index (χ1n) is 12.5. The van der Waals surface area contributed by atoms with Crippen LogP contribution in [-0.4, -0.2) is 32.2 Å². The number of alkyl halides is 2. The molecule has 2 N–H and O–H groups in total. The third kappa shape index (κ3) is 4.13. The summed E-state index contributed by atoms with van der Waals surface area (Å²) < 4.78 is 34.4. The maximum absolute atomic E-state index is 14.1. The molecular weight excluding hydrogens is 418 g/mol. The van der Waals surface area contributed by atoms with Gasteiger partial charge in [-0.2, -0.15) is 0 Å². The molecule has 180 valence electrons. The van der Waals surface area contributed by atoms with Crippen LogP contribution in [0.5, 0.6) is 0 Å². The van der Waals surface area contributed by atoms with E-state index < -0.39 is 11.5 Å². The molecule has 1 unspecified atom stereocenters. The smallest absolute Gasteiger partial charge is 0.270 e. The molecule has 1 heterocycles. The molecular formula is C28H38F2N2O. The van der Waals surface area contributed by atoms with Crippen LogP contribution >= 0.6 is 0 Å². The summed E-state index contributed by atoms with van der Waals surface area (Å²) in [5.74, 6) is -2.67. The van der Waals surface area contributed by atoms with Gasteiger partial charge in [0.25, 0.3) is 5.92 Å². The zero-order valence-corrected chi connectivity index (χ0v) is 20.0. The van der Waals surface area contributed by atoms with Gasteiger partial charge < -0.3 is 15.4 Å². The van der Waals surface area contributed by atoms with Gasteiger partial charge in [-0.25, -0.2) is 8.78 Å². The molecule has 5 heteroatoms. The second-order valence-electron chi connectivity index (χ2n) is 9.75. The summed E-state index contributed by atoms with van der Waals surface area (Å²) in [7, 11) is 3.72. The molecule has 3 fully saturated rings. The Balaban J connectivity index is 0.000000157. The Morgan fingerprint density at radius 3 is 1.55 bits per heavy atom. The summed E-state index contributed by atoms with van der Waals surface area (Å²) in [5.41, 5.74) is 1.00. The summed E-state index contributed by atoms with van der Waals surface area (Å²) in [6, 6.07) is 19.9. The lowest BCUT2D eigenvalue weighted by Crippen LogP contribution is -2.66. The van der Waals surface area contributed by atoms with E-state index in [-0.39, 0.29) is 17.6 Å². The quantitative estimate of drug-likeness (QED) is 0.579. The van der Waals surface area contributed by atoms with Crippen LogP contribution in [0.3, 0.4) is 0 Å². The predicted molar refractivity (Wildman–Crippen MR) is 130 cm³/mol. The molecule has 3 aliphatic rings. The lowest BCUT2D eigenvalue weighted by atomic mass is 9.62. The summed E-state index contributed by atoms with van der Waals surface area (Å²) in [6.45, 7) is 0.927. The number of nitrogens with one attached hydrogen (secondary N) is 2. The van der Waals surface area contributed by atoms with E-state index in [1.807, 2.05) is 18.2 Å². The molecule has 2 aliphatic carbocycles. The largest absolute Gasteiger partial charge is 0.373 e. The third-order valence-corrected chi connectivity index (χ3v) is 8.35. The molecule has 2 saturated carbocycles. The van der Waals surface area contributed by atoms with Gasteiger partial charge in [-0.05, 0) is 50.9 Å². The molecule has 3 atom stereocenters. The van der Waals surface area contributed by atoms with Crippen LogP contribution in [0.4, 0.5) is 8.78 Å². The van der Waals surface area contributed by atoms with E-state index in [2.05, 4.69) is 48.0 Å². The summed E-state index contributed by atoms with van der Waals surface area (Å²) in [5, 5.41) is 6.48. The lowest BCUT2D eigenvalue weighted by molar-refractivity contribution is -0.217. The van der Waals surface area contributed by atoms with Gasteiger partial charge in [0.05, 0.1) is 17.7 Å². The van der Waals surface area contributed by atoms with Gasteiger partial charge >= 0.3 is 0 Å². The van der Waals surface area contributed by atoms with Crippen molar-refractivity contribution in [2.24, 2.45) is 0 Å². The average molecular weight is 457 g/mol. The number of hydrogen-bond donors (Lipinski definition) is 2. The molecule has 1 saturated heterocycles. The van der Waals surface area contributed by atoms with Gasteiger partial charge in [-0.3, -0.25) is 0 Å². The Morgan fingerprint density at radius 2 is 1.09 bits per heavy atom. The molecule has 2 aromatic carbocycles. The highest BCUT2D eigenvalue weighted by molar-refractivity contribution is 5.31. The topological polar surface area (TPSA) is 33.3 Å². The minimum absolute atomic E-state index is 0.0251. The van der Waals surface area contributed by atoms with Gasteiger partial charge in [0.1, 0.15) is 5.54 Å². The van der Waals surface area contributed by atoms with Crippen LogP contribution in [0.1, 0.15) is 68.9 Å². The fraction of sp³-hybridized carbons (Fsp3) is 0.571. The van der Waals surface area contributed by atoms with Crippen LogP contribution in [0.15, 0.2) is 60.7 Å². The highest BCUT2D eigenvalue weighted by Crippen LogP contribution is 2.52. The molecule has 1 aliphatic heterocycles. The fourth-order valence-electron chi connectivity index (χ4n) is 6.42. The van der Waals surface area contributed by atoms with Gasteiger partial charge in [0.2, 0.25) is 0 Å². The summed E-state index contributed by atoms with van der Waals surface area (Å²) in [6.07, 6.45) is 8.12. The van der Waals surface area contributed by atoms with Crippen LogP contribution in [0, 0.1) is 0 Å². The molecule has 2 aromatic rings. The number of hydrogen-bond acceptors (Lipinski definition) is 3. The first-order chi connectivity index (χ1) is 16.0. The van der Waals surface area contributed by atoms with Crippen molar-refractivity contribution in [2.45, 2.75) is 80.4 Å². The van der Waals surface area contributed by atoms with Crippen molar-refractivity contribution < 1.29 is 13.5 Å². The zero-order chi connectivity index (χ0) is 23.4. The van der Waals surface area contributed by atoms with E-state index in [1.165, 1.54) is 37.7 Å². The lowest BCUT2D eigenvalue weighted by Gasteiger charge is -2.58. The van der Waals surface area contributed by atoms with Crippen LogP contribution < -0.4 is 10.6 Å². The zero-order valence-electron chi connectivity index (χ0n) is 20.0. The van der Waals surface area contributed by atoms with E-state index in [4.69, 9.17) is 4.74 Å². The summed E-state index contributed by atoms with van der Waals surface area (Å²) in [4.78, 5) is 0. The van der Waals surface area contributed by atoms with E-state index >= 15 is 0 Å². The van der Waals surface area contributed by atoms with Gasteiger partial charge in [0, 0.05) is 12.8 Å². The molecule has 1 spiro atoms. The highest BCUT2D eigenvalue weighted by Gasteiger charge is 2.57. The monoisotopic (exact) mass is 456 g/mol. The first-order valence-corrected chi connectivity index (χ1v) is 12.5. The van der Waals surface area contributed by atoms with Crippen molar-refractivity contribution in [3.63, 3.8) is 0 Å². The van der Waals surface area contributed by atoms with Gasteiger partial charge in [-0.15, -0.1) is 0 Å². The Labute approximate surface area is 197 Å². The van der Waals surface area contributed by atoms with Gasteiger partial charge in [0.15, 0.2) is 0 Å². The minimum atomic E-state index is -2.67. The molecule has 5 rings (SSSR count). The second kappa shape index (κ2) is 9.81. The Morgan fingerprint density at radius 1 is 0.636 bits per heavy atom.